The van der Waals surface area contributed by atoms with Crippen LogP contribution in [0.1, 0.15) is 5.56 Å². The van der Waals surface area contributed by atoms with E-state index in [2.05, 4.69) is 5.32 Å². The number of benzene rings is 1. The van der Waals surface area contributed by atoms with Gasteiger partial charge in [-0.2, -0.15) is 4.73 Å². The summed E-state index contributed by atoms with van der Waals surface area (Å²) in [4.78, 5) is 11.8. The van der Waals surface area contributed by atoms with Gasteiger partial charge in [0.05, 0.1) is 12.9 Å². The summed E-state index contributed by atoms with van der Waals surface area (Å²) in [5, 5.41) is 14.8. The molecule has 5 nitrogen and oxygen atoms in total. The lowest BCUT2D eigenvalue weighted by Crippen LogP contribution is -2.30. The summed E-state index contributed by atoms with van der Waals surface area (Å²) < 4.78 is 6.02. The summed E-state index contributed by atoms with van der Waals surface area (Å²) >= 11 is 1.22. The van der Waals surface area contributed by atoms with E-state index >= 15 is 0 Å². The summed E-state index contributed by atoms with van der Waals surface area (Å²) in [6, 6.07) is 12.9. The Morgan fingerprint density at radius 1 is 1.27 bits per heavy atom. The number of ether oxygens (including phenoxy) is 1. The lowest BCUT2D eigenvalue weighted by molar-refractivity contribution is -0.645. The molecule has 1 N–H and O–H groups in total. The first-order valence-electron chi connectivity index (χ1n) is 6.90. The minimum atomic E-state index is -0.0937. The van der Waals surface area contributed by atoms with Crippen molar-refractivity contribution in [3.8, 4) is 5.75 Å². The second kappa shape index (κ2) is 8.29. The van der Waals surface area contributed by atoms with Gasteiger partial charge in [0.1, 0.15) is 5.75 Å². The predicted octanol–water partition coefficient (Wildman–Crippen LogP) is 1.78. The average molecular weight is 318 g/mol. The fourth-order valence-electron chi connectivity index (χ4n) is 1.96. The molecule has 6 heteroatoms. The number of hydrogen-bond donors (Lipinski definition) is 1. The quantitative estimate of drug-likeness (QED) is 0.480. The van der Waals surface area contributed by atoms with E-state index in [-0.39, 0.29) is 11.7 Å². The van der Waals surface area contributed by atoms with Crippen molar-refractivity contribution in [1.82, 2.24) is 5.32 Å². The zero-order valence-electron chi connectivity index (χ0n) is 12.3. The summed E-state index contributed by atoms with van der Waals surface area (Å²) in [7, 11) is 1.63. The van der Waals surface area contributed by atoms with Crippen molar-refractivity contribution in [3.63, 3.8) is 0 Å². The second-order valence-electron chi connectivity index (χ2n) is 4.57. The van der Waals surface area contributed by atoms with Crippen molar-refractivity contribution in [3.05, 3.63) is 59.4 Å². The molecule has 1 amide bonds. The number of para-hydroxylation sites is 1. The smallest absolute Gasteiger partial charge is 0.251 e. The molecule has 116 valence electrons. The Bertz CT molecular complexity index is 634. The minimum Gasteiger partial charge on any atom is -0.618 e. The normalized spacial score (nSPS) is 10.2. The van der Waals surface area contributed by atoms with Gasteiger partial charge in [0, 0.05) is 18.7 Å². The lowest BCUT2D eigenvalue weighted by atomic mass is 10.1. The van der Waals surface area contributed by atoms with E-state index in [1.165, 1.54) is 18.0 Å². The number of aromatic nitrogens is 1. The maximum absolute atomic E-state index is 11.8. The van der Waals surface area contributed by atoms with Gasteiger partial charge in [-0.3, -0.25) is 4.79 Å². The van der Waals surface area contributed by atoms with Gasteiger partial charge in [-0.15, -0.1) is 0 Å². The number of carbonyl (C=O) groups excluding carboxylic acids is 1. The van der Waals surface area contributed by atoms with Gasteiger partial charge in [-0.25, -0.2) is 0 Å². The Kier molecular flexibility index (Phi) is 6.09. The number of nitrogens with one attached hydrogen (secondary N) is 1. The molecule has 1 heterocycles. The Balaban J connectivity index is 1.75. The van der Waals surface area contributed by atoms with Crippen LogP contribution in [0.4, 0.5) is 0 Å². The third kappa shape index (κ3) is 4.66. The van der Waals surface area contributed by atoms with Crippen molar-refractivity contribution in [2.75, 3.05) is 19.4 Å². The van der Waals surface area contributed by atoms with Crippen LogP contribution in [0.15, 0.2) is 53.7 Å². The number of carbonyl (C=O) groups is 1. The molecular weight excluding hydrogens is 300 g/mol. The summed E-state index contributed by atoms with van der Waals surface area (Å²) in [5.41, 5.74) is 1.05. The number of hydrogen-bond acceptors (Lipinski definition) is 4. The van der Waals surface area contributed by atoms with Crippen LogP contribution in [-0.2, 0) is 11.2 Å². The number of pyridine rings is 1. The van der Waals surface area contributed by atoms with E-state index in [0.717, 1.165) is 16.0 Å². The zero-order chi connectivity index (χ0) is 15.8. The highest BCUT2D eigenvalue weighted by molar-refractivity contribution is 7.99. The largest absolute Gasteiger partial charge is 0.618 e. The third-order valence-corrected chi connectivity index (χ3v) is 4.07. The first kappa shape index (κ1) is 16.2. The standard InChI is InChI=1S/C16H18N2O3S/c1-21-14-7-3-2-6-13(14)9-10-17-15(19)12-22-16-8-4-5-11-18(16)20/h2-8,11H,9-10,12H2,1H3,(H,17,19). The Morgan fingerprint density at radius 3 is 2.82 bits per heavy atom. The molecule has 0 spiro atoms. The fourth-order valence-corrected chi connectivity index (χ4v) is 2.70. The third-order valence-electron chi connectivity index (χ3n) is 3.05. The summed E-state index contributed by atoms with van der Waals surface area (Å²) in [6.45, 7) is 0.534. The number of methoxy groups -OCH3 is 1. The van der Waals surface area contributed by atoms with E-state index in [0.29, 0.717) is 18.0 Å². The van der Waals surface area contributed by atoms with Crippen LogP contribution >= 0.6 is 11.8 Å². The van der Waals surface area contributed by atoms with Gasteiger partial charge in [0.2, 0.25) is 5.91 Å². The van der Waals surface area contributed by atoms with Gasteiger partial charge >= 0.3 is 0 Å². The van der Waals surface area contributed by atoms with Crippen molar-refractivity contribution in [2.24, 2.45) is 0 Å². The molecule has 0 fully saturated rings. The molecule has 0 saturated carbocycles. The Labute approximate surface area is 133 Å². The molecule has 0 radical (unpaired) electrons. The van der Waals surface area contributed by atoms with E-state index in [4.69, 9.17) is 4.74 Å². The number of nitrogens with zero attached hydrogens (tertiary/aromatic N) is 1. The van der Waals surface area contributed by atoms with E-state index in [1.807, 2.05) is 24.3 Å². The summed E-state index contributed by atoms with van der Waals surface area (Å²) in [6.07, 6.45) is 2.12. The predicted molar refractivity (Wildman–Crippen MR) is 85.8 cm³/mol. The van der Waals surface area contributed by atoms with Crippen LogP contribution in [0, 0.1) is 5.21 Å². The first-order valence-corrected chi connectivity index (χ1v) is 7.89. The minimum absolute atomic E-state index is 0.0937. The Hall–Kier alpha value is -2.21. The molecule has 1 aromatic carbocycles. The van der Waals surface area contributed by atoms with Gasteiger partial charge in [-0.05, 0) is 35.9 Å². The molecule has 0 unspecified atom stereocenters. The molecule has 0 aliphatic rings. The Morgan fingerprint density at radius 2 is 2.05 bits per heavy atom. The first-order chi connectivity index (χ1) is 10.7. The molecule has 0 aliphatic carbocycles. The van der Waals surface area contributed by atoms with Crippen molar-refractivity contribution in [2.45, 2.75) is 11.4 Å². The fraction of sp³-hybridized carbons (Fsp3) is 0.250. The molecule has 0 aliphatic heterocycles. The van der Waals surface area contributed by atoms with Crippen LogP contribution in [0.5, 0.6) is 5.75 Å². The van der Waals surface area contributed by atoms with E-state index in [9.17, 15) is 10.0 Å². The number of rotatable bonds is 7. The van der Waals surface area contributed by atoms with Gasteiger partial charge in [0.25, 0.3) is 5.03 Å². The van der Waals surface area contributed by atoms with Crippen LogP contribution in [0.3, 0.4) is 0 Å². The van der Waals surface area contributed by atoms with Crippen molar-refractivity contribution < 1.29 is 14.3 Å². The SMILES string of the molecule is COc1ccccc1CCNC(=O)CSc1cccc[n+]1[O-]. The van der Waals surface area contributed by atoms with Crippen LogP contribution in [-0.4, -0.2) is 25.3 Å². The highest BCUT2D eigenvalue weighted by Crippen LogP contribution is 2.17. The van der Waals surface area contributed by atoms with E-state index in [1.54, 1.807) is 25.3 Å². The average Bonchev–Trinajstić information content (AvgIpc) is 2.54. The van der Waals surface area contributed by atoms with Crippen molar-refractivity contribution >= 4 is 17.7 Å². The summed E-state index contributed by atoms with van der Waals surface area (Å²) in [5.74, 6) is 0.949. The van der Waals surface area contributed by atoms with Crippen LogP contribution in [0.2, 0.25) is 0 Å². The highest BCUT2D eigenvalue weighted by atomic mass is 32.2. The number of thioether (sulfide) groups is 1. The molecule has 0 atom stereocenters. The molecule has 0 bridgehead atoms. The molecule has 0 saturated heterocycles. The number of amides is 1. The maximum Gasteiger partial charge on any atom is 0.251 e. The molecular formula is C16H18N2O3S. The van der Waals surface area contributed by atoms with E-state index < -0.39 is 0 Å². The second-order valence-corrected chi connectivity index (χ2v) is 5.56. The molecule has 2 aromatic rings. The molecule has 22 heavy (non-hydrogen) atoms. The maximum atomic E-state index is 11.8. The zero-order valence-corrected chi connectivity index (χ0v) is 13.1. The van der Waals surface area contributed by atoms with Gasteiger partial charge in [-0.1, -0.05) is 18.2 Å². The van der Waals surface area contributed by atoms with Gasteiger partial charge < -0.3 is 15.3 Å². The van der Waals surface area contributed by atoms with Gasteiger partial charge in [0.15, 0.2) is 6.20 Å². The molecule has 1 aromatic heterocycles. The van der Waals surface area contributed by atoms with Crippen LogP contribution < -0.4 is 14.8 Å². The lowest BCUT2D eigenvalue weighted by Gasteiger charge is -2.09. The monoisotopic (exact) mass is 318 g/mol. The highest BCUT2D eigenvalue weighted by Gasteiger charge is 2.09. The molecule has 2 rings (SSSR count). The van der Waals surface area contributed by atoms with Crippen molar-refractivity contribution in [1.29, 1.82) is 0 Å². The van der Waals surface area contributed by atoms with Crippen LogP contribution in [0.25, 0.3) is 0 Å². The topological polar surface area (TPSA) is 65.3 Å².